The lowest BCUT2D eigenvalue weighted by Crippen LogP contribution is -2.50. The second-order valence-corrected chi connectivity index (χ2v) is 9.55. The van der Waals surface area contributed by atoms with Crippen LogP contribution in [0.2, 0.25) is 0 Å². The molecule has 1 fully saturated rings. The first-order valence-corrected chi connectivity index (χ1v) is 12.4. The molecule has 0 radical (unpaired) electrons. The Morgan fingerprint density at radius 3 is 2.38 bits per heavy atom. The number of benzene rings is 3. The summed E-state index contributed by atoms with van der Waals surface area (Å²) in [5.74, 6) is -0.258. The van der Waals surface area contributed by atoms with Crippen LogP contribution in [0.1, 0.15) is 32.0 Å². The molecule has 184 valence electrons. The number of nitrogens with one attached hydrogen (secondary N) is 1. The number of anilines is 1. The molecule has 0 saturated carbocycles. The Morgan fingerprint density at radius 1 is 0.838 bits per heavy atom. The number of hydrogen-bond acceptors (Lipinski definition) is 4. The molecular formula is C30H26N4O3. The Morgan fingerprint density at radius 2 is 1.57 bits per heavy atom. The van der Waals surface area contributed by atoms with E-state index >= 15 is 0 Å². The van der Waals surface area contributed by atoms with Crippen molar-refractivity contribution in [2.75, 3.05) is 31.5 Å². The number of hydrogen-bond donors (Lipinski definition) is 1. The molecule has 3 amide bonds. The van der Waals surface area contributed by atoms with Crippen molar-refractivity contribution in [2.24, 2.45) is 0 Å². The SMILES string of the molecule is Cc1ccc2c(-c3cccc(C(=O)N4CCN(C(=O)c5cccc6c5NC(=O)C6)CC4)c3)cccc2n1. The van der Waals surface area contributed by atoms with E-state index in [1.54, 1.807) is 15.9 Å². The van der Waals surface area contributed by atoms with Gasteiger partial charge in [-0.3, -0.25) is 19.4 Å². The zero-order valence-corrected chi connectivity index (χ0v) is 20.5. The fourth-order valence-corrected chi connectivity index (χ4v) is 5.22. The van der Waals surface area contributed by atoms with Gasteiger partial charge in [0, 0.05) is 42.8 Å². The van der Waals surface area contributed by atoms with Crippen molar-refractivity contribution in [3.8, 4) is 11.1 Å². The zero-order chi connectivity index (χ0) is 25.5. The number of nitrogens with zero attached hydrogens (tertiary/aromatic N) is 3. The second kappa shape index (κ2) is 9.17. The van der Waals surface area contributed by atoms with Gasteiger partial charge < -0.3 is 15.1 Å². The number of pyridine rings is 1. The smallest absolute Gasteiger partial charge is 0.256 e. The highest BCUT2D eigenvalue weighted by atomic mass is 16.2. The highest BCUT2D eigenvalue weighted by molar-refractivity contribution is 6.08. The van der Waals surface area contributed by atoms with Crippen molar-refractivity contribution in [1.29, 1.82) is 0 Å². The fraction of sp³-hybridized carbons (Fsp3) is 0.200. The van der Waals surface area contributed by atoms with Crippen LogP contribution in [0.25, 0.3) is 22.0 Å². The molecule has 4 aromatic rings. The molecule has 1 saturated heterocycles. The predicted octanol–water partition coefficient (Wildman–Crippen LogP) is 4.30. The molecule has 1 aromatic heterocycles. The fourth-order valence-electron chi connectivity index (χ4n) is 5.22. The van der Waals surface area contributed by atoms with Crippen LogP contribution in [0, 0.1) is 6.92 Å². The van der Waals surface area contributed by atoms with Gasteiger partial charge in [0.05, 0.1) is 23.2 Å². The standard InChI is InChI=1S/C30H26N4O3/c1-19-11-12-24-23(8-4-10-26(24)31-19)20-5-2-7-22(17-20)29(36)33-13-15-34(16-14-33)30(37)25-9-3-6-21-18-27(35)32-28(21)25/h2-12,17H,13-16,18H2,1H3,(H,32,35). The first-order chi connectivity index (χ1) is 18.0. The van der Waals surface area contributed by atoms with Crippen LogP contribution in [0.4, 0.5) is 5.69 Å². The number of rotatable bonds is 3. The Labute approximate surface area is 214 Å². The zero-order valence-electron chi connectivity index (χ0n) is 20.5. The van der Waals surface area contributed by atoms with Crippen molar-refractivity contribution in [3.05, 3.63) is 95.2 Å². The van der Waals surface area contributed by atoms with Gasteiger partial charge in [0.25, 0.3) is 11.8 Å². The van der Waals surface area contributed by atoms with E-state index in [0.717, 1.165) is 33.3 Å². The van der Waals surface area contributed by atoms with Crippen molar-refractivity contribution in [2.45, 2.75) is 13.3 Å². The molecule has 2 aliphatic heterocycles. The maximum absolute atomic E-state index is 13.4. The summed E-state index contributed by atoms with van der Waals surface area (Å²) in [6.45, 7) is 3.76. The Hall–Kier alpha value is -4.52. The van der Waals surface area contributed by atoms with E-state index in [4.69, 9.17) is 0 Å². The lowest BCUT2D eigenvalue weighted by atomic mass is 9.98. The minimum Gasteiger partial charge on any atom is -0.335 e. The predicted molar refractivity (Wildman–Crippen MR) is 142 cm³/mol. The second-order valence-electron chi connectivity index (χ2n) is 9.55. The van der Waals surface area contributed by atoms with Crippen LogP contribution in [0.3, 0.4) is 0 Å². The van der Waals surface area contributed by atoms with Crippen LogP contribution in [0.15, 0.2) is 72.8 Å². The summed E-state index contributed by atoms with van der Waals surface area (Å²) in [7, 11) is 0. The summed E-state index contributed by atoms with van der Waals surface area (Å²) in [6.07, 6.45) is 0.298. The number of carbonyl (C=O) groups is 3. The Balaban J connectivity index is 1.18. The molecule has 1 N–H and O–H groups in total. The van der Waals surface area contributed by atoms with Gasteiger partial charge in [-0.25, -0.2) is 0 Å². The molecule has 7 nitrogen and oxygen atoms in total. The van der Waals surface area contributed by atoms with E-state index < -0.39 is 0 Å². The van der Waals surface area contributed by atoms with Crippen LogP contribution >= 0.6 is 0 Å². The molecule has 6 rings (SSSR count). The molecule has 0 unspecified atom stereocenters. The topological polar surface area (TPSA) is 82.6 Å². The van der Waals surface area contributed by atoms with E-state index in [2.05, 4.69) is 22.4 Å². The molecule has 0 spiro atoms. The average Bonchev–Trinajstić information content (AvgIpc) is 3.32. The largest absolute Gasteiger partial charge is 0.335 e. The maximum Gasteiger partial charge on any atom is 0.256 e. The van der Waals surface area contributed by atoms with Gasteiger partial charge in [0.15, 0.2) is 0 Å². The third kappa shape index (κ3) is 4.22. The molecule has 7 heteroatoms. The molecule has 3 aromatic carbocycles. The van der Waals surface area contributed by atoms with Gasteiger partial charge in [-0.1, -0.05) is 42.5 Å². The summed E-state index contributed by atoms with van der Waals surface area (Å²) in [5, 5.41) is 3.86. The first-order valence-electron chi connectivity index (χ1n) is 12.4. The number of aryl methyl sites for hydroxylation is 1. The lowest BCUT2D eigenvalue weighted by molar-refractivity contribution is -0.115. The van der Waals surface area contributed by atoms with Crippen molar-refractivity contribution >= 4 is 34.3 Å². The summed E-state index contributed by atoms with van der Waals surface area (Å²) >= 11 is 0. The number of para-hydroxylation sites is 1. The third-order valence-corrected chi connectivity index (χ3v) is 7.14. The van der Waals surface area contributed by atoms with Crippen molar-refractivity contribution in [3.63, 3.8) is 0 Å². The molecule has 0 atom stereocenters. The maximum atomic E-state index is 13.4. The normalized spacial score (nSPS) is 15.0. The molecule has 2 aliphatic rings. The van der Waals surface area contributed by atoms with Gasteiger partial charge in [-0.05, 0) is 53.9 Å². The monoisotopic (exact) mass is 490 g/mol. The number of aromatic nitrogens is 1. The molecular weight excluding hydrogens is 464 g/mol. The minimum absolute atomic E-state index is 0.0454. The average molecular weight is 491 g/mol. The molecule has 37 heavy (non-hydrogen) atoms. The molecule has 3 heterocycles. The van der Waals surface area contributed by atoms with Gasteiger partial charge in [0.2, 0.25) is 5.91 Å². The number of piperazine rings is 1. The summed E-state index contributed by atoms with van der Waals surface area (Å²) < 4.78 is 0. The highest BCUT2D eigenvalue weighted by Crippen LogP contribution is 2.30. The van der Waals surface area contributed by atoms with Crippen LogP contribution < -0.4 is 5.32 Å². The molecule has 0 bridgehead atoms. The van der Waals surface area contributed by atoms with Crippen LogP contribution in [-0.2, 0) is 11.2 Å². The summed E-state index contributed by atoms with van der Waals surface area (Å²) in [6, 6.07) is 23.2. The van der Waals surface area contributed by atoms with Gasteiger partial charge in [-0.2, -0.15) is 0 Å². The number of carbonyl (C=O) groups excluding carboxylic acids is 3. The van der Waals surface area contributed by atoms with Crippen molar-refractivity contribution < 1.29 is 14.4 Å². The van der Waals surface area contributed by atoms with E-state index in [1.165, 1.54) is 0 Å². The third-order valence-electron chi connectivity index (χ3n) is 7.14. The minimum atomic E-state index is -0.118. The van der Waals surface area contributed by atoms with E-state index in [0.29, 0.717) is 49.4 Å². The highest BCUT2D eigenvalue weighted by Gasteiger charge is 2.29. The van der Waals surface area contributed by atoms with E-state index in [1.807, 2.05) is 61.5 Å². The number of fused-ring (bicyclic) bond motifs is 2. The van der Waals surface area contributed by atoms with Gasteiger partial charge >= 0.3 is 0 Å². The lowest BCUT2D eigenvalue weighted by Gasteiger charge is -2.35. The summed E-state index contributed by atoms with van der Waals surface area (Å²) in [5.41, 5.74) is 6.50. The van der Waals surface area contributed by atoms with Gasteiger partial charge in [-0.15, -0.1) is 0 Å². The number of amides is 3. The van der Waals surface area contributed by atoms with Crippen molar-refractivity contribution in [1.82, 2.24) is 14.8 Å². The van der Waals surface area contributed by atoms with E-state index in [9.17, 15) is 14.4 Å². The first kappa shape index (κ1) is 22.9. The van der Waals surface area contributed by atoms with Gasteiger partial charge in [0.1, 0.15) is 0 Å². The Kier molecular flexibility index (Phi) is 5.68. The summed E-state index contributed by atoms with van der Waals surface area (Å²) in [4.78, 5) is 46.6. The van der Waals surface area contributed by atoms with Crippen LogP contribution in [-0.4, -0.2) is 58.7 Å². The Bertz CT molecular complexity index is 1570. The van der Waals surface area contributed by atoms with Crippen LogP contribution in [0.5, 0.6) is 0 Å². The quantitative estimate of drug-likeness (QED) is 0.464. The molecule has 0 aliphatic carbocycles. The van der Waals surface area contributed by atoms with E-state index in [-0.39, 0.29) is 17.7 Å².